The van der Waals surface area contributed by atoms with Crippen molar-refractivity contribution in [3.8, 4) is 23.0 Å². The van der Waals surface area contributed by atoms with Crippen molar-refractivity contribution in [1.29, 1.82) is 0 Å². The Balaban J connectivity index is 1.75. The number of nitrogens with zero attached hydrogens (tertiary/aromatic N) is 1. The first kappa shape index (κ1) is 24.8. The Morgan fingerprint density at radius 3 is 2.62 bits per heavy atom. The predicted octanol–water partition coefficient (Wildman–Crippen LogP) is 5.76. The molecular formula is C27H21Cl2NO7. The van der Waals surface area contributed by atoms with Crippen LogP contribution in [0.3, 0.4) is 0 Å². The van der Waals surface area contributed by atoms with Gasteiger partial charge in [-0.15, -0.1) is 0 Å². The lowest BCUT2D eigenvalue weighted by Crippen LogP contribution is -2.29. The molecule has 1 N–H and O–H groups in total. The van der Waals surface area contributed by atoms with Crippen LogP contribution >= 0.6 is 23.2 Å². The van der Waals surface area contributed by atoms with Gasteiger partial charge in [-0.05, 0) is 48.9 Å². The number of fused-ring (bicyclic) bond motifs is 1. The number of amides is 1. The van der Waals surface area contributed by atoms with E-state index in [1.165, 1.54) is 24.1 Å². The molecule has 1 atom stereocenters. The molecule has 2 heterocycles. The van der Waals surface area contributed by atoms with E-state index in [9.17, 15) is 14.7 Å². The number of methoxy groups -OCH3 is 1. The number of aliphatic hydroxyl groups excluding tert-OH is 1. The number of Topliss-reactive ketones (excluding diaryl/α,β-unsaturated/α-hetero) is 1. The SMILES string of the molecule is CCOc1cccc(C2/C(=C(\O)c3cc(Cl)cc(Cl)c3OC)C(=O)C(=O)N2c2ccc3c(c2)OCO3)c1. The van der Waals surface area contributed by atoms with Gasteiger partial charge in [0.1, 0.15) is 17.3 Å². The molecule has 2 aliphatic rings. The Kier molecular flexibility index (Phi) is 6.62. The van der Waals surface area contributed by atoms with Crippen molar-refractivity contribution >= 4 is 46.3 Å². The number of anilines is 1. The lowest BCUT2D eigenvalue weighted by molar-refractivity contribution is -0.132. The Bertz CT molecular complexity index is 1450. The third-order valence-electron chi connectivity index (χ3n) is 6.03. The topological polar surface area (TPSA) is 94.5 Å². The van der Waals surface area contributed by atoms with E-state index in [1.54, 1.807) is 42.5 Å². The molecule has 37 heavy (non-hydrogen) atoms. The third-order valence-corrected chi connectivity index (χ3v) is 6.53. The van der Waals surface area contributed by atoms with E-state index in [1.807, 2.05) is 6.92 Å². The normalized spacial score (nSPS) is 17.8. The molecule has 0 radical (unpaired) electrons. The summed E-state index contributed by atoms with van der Waals surface area (Å²) in [5.74, 6) is -0.591. The second-order valence-electron chi connectivity index (χ2n) is 8.18. The molecule has 1 amide bonds. The van der Waals surface area contributed by atoms with Crippen LogP contribution in [0.1, 0.15) is 24.1 Å². The van der Waals surface area contributed by atoms with E-state index in [2.05, 4.69) is 0 Å². The van der Waals surface area contributed by atoms with Crippen LogP contribution in [0.25, 0.3) is 5.76 Å². The molecule has 0 spiro atoms. The number of halogens is 2. The van der Waals surface area contributed by atoms with Crippen LogP contribution in [0.2, 0.25) is 10.0 Å². The number of aliphatic hydroxyl groups is 1. The minimum Gasteiger partial charge on any atom is -0.507 e. The quantitative estimate of drug-likeness (QED) is 0.241. The lowest BCUT2D eigenvalue weighted by Gasteiger charge is -2.26. The van der Waals surface area contributed by atoms with Crippen molar-refractivity contribution in [2.75, 3.05) is 25.4 Å². The van der Waals surface area contributed by atoms with Gasteiger partial charge < -0.3 is 24.1 Å². The van der Waals surface area contributed by atoms with Crippen LogP contribution in [-0.4, -0.2) is 37.3 Å². The fourth-order valence-corrected chi connectivity index (χ4v) is 5.05. The molecule has 0 bridgehead atoms. The fraction of sp³-hybridized carbons (Fsp3) is 0.185. The van der Waals surface area contributed by atoms with Crippen molar-refractivity contribution in [3.63, 3.8) is 0 Å². The molecule has 0 aliphatic carbocycles. The van der Waals surface area contributed by atoms with E-state index < -0.39 is 23.5 Å². The van der Waals surface area contributed by atoms with E-state index in [0.29, 0.717) is 35.1 Å². The standard InChI is InChI=1S/C27H21Cl2NO7/c1-3-35-17-6-4-5-14(9-17)23-22(24(31)18-10-15(28)11-19(29)26(18)34-2)25(32)27(33)30(23)16-7-8-20-21(12-16)37-13-36-20/h4-12,23,31H,3,13H2,1-2H3/b24-22+. The summed E-state index contributed by atoms with van der Waals surface area (Å²) in [7, 11) is 1.38. The minimum atomic E-state index is -1.01. The number of hydrogen-bond donors (Lipinski definition) is 1. The summed E-state index contributed by atoms with van der Waals surface area (Å²) >= 11 is 12.5. The van der Waals surface area contributed by atoms with Gasteiger partial charge in [0.15, 0.2) is 11.5 Å². The largest absolute Gasteiger partial charge is 0.507 e. The van der Waals surface area contributed by atoms with Crippen molar-refractivity contribution in [1.82, 2.24) is 0 Å². The molecule has 1 saturated heterocycles. The van der Waals surface area contributed by atoms with Crippen LogP contribution in [0.5, 0.6) is 23.0 Å². The highest BCUT2D eigenvalue weighted by molar-refractivity contribution is 6.52. The summed E-state index contributed by atoms with van der Waals surface area (Å²) in [6.45, 7) is 2.32. The van der Waals surface area contributed by atoms with Crippen LogP contribution < -0.4 is 23.8 Å². The first-order valence-electron chi connectivity index (χ1n) is 11.3. The number of rotatable bonds is 6. The number of hydrogen-bond acceptors (Lipinski definition) is 7. The lowest BCUT2D eigenvalue weighted by atomic mass is 9.94. The summed E-state index contributed by atoms with van der Waals surface area (Å²) in [5.41, 5.74) is 0.840. The van der Waals surface area contributed by atoms with Crippen molar-refractivity contribution in [2.24, 2.45) is 0 Å². The number of benzene rings is 3. The maximum absolute atomic E-state index is 13.5. The zero-order valence-corrected chi connectivity index (χ0v) is 21.3. The smallest absolute Gasteiger partial charge is 0.300 e. The first-order valence-corrected chi connectivity index (χ1v) is 12.1. The number of ether oxygens (including phenoxy) is 4. The zero-order chi connectivity index (χ0) is 26.3. The van der Waals surface area contributed by atoms with Crippen molar-refractivity contribution in [2.45, 2.75) is 13.0 Å². The second-order valence-corrected chi connectivity index (χ2v) is 9.02. The first-order chi connectivity index (χ1) is 17.8. The molecule has 10 heteroatoms. The van der Waals surface area contributed by atoms with Crippen molar-refractivity contribution in [3.05, 3.63) is 81.3 Å². The number of carbonyl (C=O) groups is 2. The molecule has 1 fully saturated rings. The zero-order valence-electron chi connectivity index (χ0n) is 19.8. The van der Waals surface area contributed by atoms with Gasteiger partial charge in [-0.3, -0.25) is 14.5 Å². The molecule has 0 aromatic heterocycles. The van der Waals surface area contributed by atoms with Gasteiger partial charge in [-0.1, -0.05) is 35.3 Å². The summed E-state index contributed by atoms with van der Waals surface area (Å²) in [4.78, 5) is 28.3. The van der Waals surface area contributed by atoms with Crippen LogP contribution in [0, 0.1) is 0 Å². The van der Waals surface area contributed by atoms with Gasteiger partial charge >= 0.3 is 0 Å². The third kappa shape index (κ3) is 4.32. The Labute approximate surface area is 222 Å². The Morgan fingerprint density at radius 2 is 1.86 bits per heavy atom. The second kappa shape index (κ2) is 9.88. The molecule has 8 nitrogen and oxygen atoms in total. The van der Waals surface area contributed by atoms with Gasteiger partial charge in [-0.2, -0.15) is 0 Å². The van der Waals surface area contributed by atoms with Crippen molar-refractivity contribution < 1.29 is 33.6 Å². The Morgan fingerprint density at radius 1 is 1.08 bits per heavy atom. The highest BCUT2D eigenvalue weighted by atomic mass is 35.5. The molecule has 3 aromatic carbocycles. The maximum Gasteiger partial charge on any atom is 0.300 e. The van der Waals surface area contributed by atoms with Crippen LogP contribution in [0.15, 0.2) is 60.2 Å². The van der Waals surface area contributed by atoms with E-state index >= 15 is 0 Å². The van der Waals surface area contributed by atoms with Gasteiger partial charge in [0, 0.05) is 16.8 Å². The highest BCUT2D eigenvalue weighted by Crippen LogP contribution is 2.47. The van der Waals surface area contributed by atoms with Gasteiger partial charge in [0.05, 0.1) is 35.9 Å². The van der Waals surface area contributed by atoms with Gasteiger partial charge in [0.2, 0.25) is 6.79 Å². The summed E-state index contributed by atoms with van der Waals surface area (Å²) in [5, 5.41) is 11.9. The van der Waals surface area contributed by atoms with Crippen LogP contribution in [0.4, 0.5) is 5.69 Å². The predicted molar refractivity (Wildman–Crippen MR) is 138 cm³/mol. The van der Waals surface area contributed by atoms with Crippen LogP contribution in [-0.2, 0) is 9.59 Å². The molecule has 190 valence electrons. The molecular weight excluding hydrogens is 521 g/mol. The molecule has 3 aromatic rings. The highest BCUT2D eigenvalue weighted by Gasteiger charge is 2.47. The Hall–Kier alpha value is -3.88. The summed E-state index contributed by atoms with van der Waals surface area (Å²) in [6.07, 6.45) is 0. The van der Waals surface area contributed by atoms with Gasteiger partial charge in [-0.25, -0.2) is 0 Å². The molecule has 5 rings (SSSR count). The minimum absolute atomic E-state index is 0.0484. The summed E-state index contributed by atoms with van der Waals surface area (Å²) in [6, 6.07) is 13.8. The molecule has 0 saturated carbocycles. The van der Waals surface area contributed by atoms with E-state index in [0.717, 1.165) is 0 Å². The van der Waals surface area contributed by atoms with E-state index in [-0.39, 0.29) is 33.7 Å². The monoisotopic (exact) mass is 541 g/mol. The average Bonchev–Trinajstić information content (AvgIpc) is 3.45. The summed E-state index contributed by atoms with van der Waals surface area (Å²) < 4.78 is 21.9. The van der Waals surface area contributed by atoms with E-state index in [4.69, 9.17) is 42.1 Å². The average molecular weight is 542 g/mol. The number of carbonyl (C=O) groups excluding carboxylic acids is 2. The molecule has 2 aliphatic heterocycles. The molecule has 1 unspecified atom stereocenters. The number of ketones is 1. The fourth-order valence-electron chi connectivity index (χ4n) is 4.48. The maximum atomic E-state index is 13.5. The van der Waals surface area contributed by atoms with Gasteiger partial charge in [0.25, 0.3) is 11.7 Å².